The molecular formula is C21H22N3O2. The highest BCUT2D eigenvalue weighted by molar-refractivity contribution is 5.90. The number of fused-ring (bicyclic) bond motifs is 1. The van der Waals surface area contributed by atoms with Crippen LogP contribution in [-0.2, 0) is 5.11 Å². The van der Waals surface area contributed by atoms with Gasteiger partial charge in [-0.3, -0.25) is 10.1 Å². The Morgan fingerprint density at radius 3 is 2.69 bits per heavy atom. The molecule has 1 N–H and O–H groups in total. The maximum absolute atomic E-state index is 12.8. The van der Waals surface area contributed by atoms with E-state index in [2.05, 4.69) is 15.2 Å². The molecule has 2 heterocycles. The number of hydrogen-bond donors (Lipinski definition) is 1. The average molecular weight is 348 g/mol. The molecule has 5 nitrogen and oxygen atoms in total. The number of anilines is 2. The van der Waals surface area contributed by atoms with E-state index < -0.39 is 0 Å². The SMILES string of the molecule is COc1ccccc1NC1CCN(c2ccc3ncccc3c2[O])CC1. The van der Waals surface area contributed by atoms with Crippen molar-refractivity contribution < 1.29 is 9.84 Å². The molecular weight excluding hydrogens is 326 g/mol. The molecule has 0 unspecified atom stereocenters. The minimum Gasteiger partial charge on any atom is -0.495 e. The normalized spacial score (nSPS) is 15.2. The van der Waals surface area contributed by atoms with E-state index in [0.29, 0.717) is 11.4 Å². The van der Waals surface area contributed by atoms with Crippen LogP contribution in [0.2, 0.25) is 0 Å². The second kappa shape index (κ2) is 7.12. The molecule has 0 aliphatic carbocycles. The summed E-state index contributed by atoms with van der Waals surface area (Å²) in [6, 6.07) is 15.9. The topological polar surface area (TPSA) is 57.3 Å². The zero-order chi connectivity index (χ0) is 17.9. The van der Waals surface area contributed by atoms with Gasteiger partial charge in [0.05, 0.1) is 24.0 Å². The van der Waals surface area contributed by atoms with Crippen molar-refractivity contribution in [3.63, 3.8) is 0 Å². The van der Waals surface area contributed by atoms with E-state index in [1.54, 1.807) is 13.3 Å². The van der Waals surface area contributed by atoms with Crippen molar-refractivity contribution in [3.05, 3.63) is 54.7 Å². The highest BCUT2D eigenvalue weighted by Crippen LogP contribution is 2.36. The van der Waals surface area contributed by atoms with Crippen LogP contribution in [-0.4, -0.2) is 31.2 Å². The zero-order valence-corrected chi connectivity index (χ0v) is 14.8. The van der Waals surface area contributed by atoms with Gasteiger partial charge in [0.1, 0.15) is 5.75 Å². The Morgan fingerprint density at radius 2 is 1.88 bits per heavy atom. The summed E-state index contributed by atoms with van der Waals surface area (Å²) < 4.78 is 5.41. The fraction of sp³-hybridized carbons (Fsp3) is 0.286. The first kappa shape index (κ1) is 16.5. The lowest BCUT2D eigenvalue weighted by Gasteiger charge is -2.34. The van der Waals surface area contributed by atoms with Crippen molar-refractivity contribution in [1.82, 2.24) is 4.98 Å². The monoisotopic (exact) mass is 348 g/mol. The number of pyridine rings is 1. The smallest absolute Gasteiger partial charge is 0.211 e. The molecule has 0 spiro atoms. The van der Waals surface area contributed by atoms with Gasteiger partial charge in [0, 0.05) is 30.7 Å². The number of benzene rings is 2. The second-order valence-electron chi connectivity index (χ2n) is 6.59. The molecule has 1 saturated heterocycles. The number of nitrogens with zero attached hydrogens (tertiary/aromatic N) is 2. The van der Waals surface area contributed by atoms with E-state index in [1.807, 2.05) is 48.5 Å². The highest BCUT2D eigenvalue weighted by Gasteiger charge is 2.23. The third-order valence-corrected chi connectivity index (χ3v) is 5.02. The molecule has 5 heteroatoms. The number of para-hydroxylation sites is 2. The molecule has 1 aliphatic heterocycles. The van der Waals surface area contributed by atoms with E-state index in [9.17, 15) is 5.11 Å². The summed E-state index contributed by atoms with van der Waals surface area (Å²) in [5.41, 5.74) is 2.56. The summed E-state index contributed by atoms with van der Waals surface area (Å²) in [5, 5.41) is 17.0. The Kier molecular flexibility index (Phi) is 4.52. The van der Waals surface area contributed by atoms with Gasteiger partial charge >= 0.3 is 0 Å². The van der Waals surface area contributed by atoms with Crippen LogP contribution in [0, 0.1) is 0 Å². The van der Waals surface area contributed by atoms with Crippen LogP contribution in [0.25, 0.3) is 10.9 Å². The Labute approximate surface area is 153 Å². The van der Waals surface area contributed by atoms with Crippen LogP contribution in [0.15, 0.2) is 54.7 Å². The molecule has 0 amide bonds. The van der Waals surface area contributed by atoms with Gasteiger partial charge in [-0.2, -0.15) is 0 Å². The van der Waals surface area contributed by atoms with Gasteiger partial charge in [-0.05, 0) is 49.2 Å². The third kappa shape index (κ3) is 3.12. The number of ether oxygens (including phenoxy) is 1. The molecule has 0 atom stereocenters. The lowest BCUT2D eigenvalue weighted by atomic mass is 10.0. The van der Waals surface area contributed by atoms with Crippen molar-refractivity contribution in [3.8, 4) is 11.5 Å². The average Bonchev–Trinajstić information content (AvgIpc) is 2.70. The minimum absolute atomic E-state index is 0.0757. The number of hydrogen-bond acceptors (Lipinski definition) is 4. The van der Waals surface area contributed by atoms with E-state index >= 15 is 0 Å². The number of piperidine rings is 1. The molecule has 1 aromatic heterocycles. The first-order valence-corrected chi connectivity index (χ1v) is 8.95. The van der Waals surface area contributed by atoms with E-state index in [-0.39, 0.29) is 5.75 Å². The molecule has 2 aromatic carbocycles. The predicted molar refractivity (Wildman–Crippen MR) is 104 cm³/mol. The fourth-order valence-corrected chi connectivity index (χ4v) is 3.61. The molecule has 3 aromatic rings. The van der Waals surface area contributed by atoms with Crippen LogP contribution >= 0.6 is 0 Å². The van der Waals surface area contributed by atoms with Gasteiger partial charge in [0.2, 0.25) is 5.75 Å². The third-order valence-electron chi connectivity index (χ3n) is 5.02. The first-order chi connectivity index (χ1) is 12.8. The molecule has 0 saturated carbocycles. The number of rotatable bonds is 4. The second-order valence-corrected chi connectivity index (χ2v) is 6.59. The number of aromatic nitrogens is 1. The van der Waals surface area contributed by atoms with Crippen LogP contribution in [0.1, 0.15) is 12.8 Å². The minimum atomic E-state index is 0.0757. The van der Waals surface area contributed by atoms with E-state index in [4.69, 9.17) is 4.74 Å². The van der Waals surface area contributed by atoms with Crippen molar-refractivity contribution in [2.75, 3.05) is 30.4 Å². The molecule has 4 rings (SSSR count). The molecule has 1 aliphatic rings. The van der Waals surface area contributed by atoms with Crippen molar-refractivity contribution in [1.29, 1.82) is 0 Å². The van der Waals surface area contributed by atoms with Crippen LogP contribution in [0.4, 0.5) is 11.4 Å². The van der Waals surface area contributed by atoms with Gasteiger partial charge in [-0.1, -0.05) is 12.1 Å². The zero-order valence-electron chi connectivity index (χ0n) is 14.8. The summed E-state index contributed by atoms with van der Waals surface area (Å²) in [6.45, 7) is 1.71. The summed E-state index contributed by atoms with van der Waals surface area (Å²) in [5.74, 6) is 0.936. The van der Waals surface area contributed by atoms with Crippen molar-refractivity contribution in [2.24, 2.45) is 0 Å². The number of nitrogens with one attached hydrogen (secondary N) is 1. The predicted octanol–water partition coefficient (Wildman–Crippen LogP) is 4.47. The maximum Gasteiger partial charge on any atom is 0.211 e. The van der Waals surface area contributed by atoms with Crippen molar-refractivity contribution >= 4 is 22.3 Å². The lowest BCUT2D eigenvalue weighted by Crippen LogP contribution is -2.39. The Bertz CT molecular complexity index is 905. The quantitative estimate of drug-likeness (QED) is 0.756. The van der Waals surface area contributed by atoms with Gasteiger partial charge < -0.3 is 15.0 Å². The highest BCUT2D eigenvalue weighted by atomic mass is 16.5. The molecule has 26 heavy (non-hydrogen) atoms. The Hall–Kier alpha value is -2.95. The summed E-state index contributed by atoms with van der Waals surface area (Å²) in [4.78, 5) is 6.45. The number of methoxy groups -OCH3 is 1. The fourth-order valence-electron chi connectivity index (χ4n) is 3.61. The van der Waals surface area contributed by atoms with Crippen LogP contribution < -0.4 is 15.0 Å². The van der Waals surface area contributed by atoms with Gasteiger partial charge in [0.15, 0.2) is 0 Å². The van der Waals surface area contributed by atoms with E-state index in [1.165, 1.54) is 0 Å². The first-order valence-electron chi connectivity index (χ1n) is 8.95. The standard InChI is InChI=1S/C21H22N3O2/c1-26-20-7-3-2-6-18(20)23-15-10-13-24(14-11-15)19-9-8-17-16(21(19)25)5-4-12-22-17/h2-9,12,15,23H,10-11,13-14H2,1H3. The van der Waals surface area contributed by atoms with Crippen LogP contribution in [0.5, 0.6) is 11.5 Å². The van der Waals surface area contributed by atoms with E-state index in [0.717, 1.165) is 48.6 Å². The maximum atomic E-state index is 12.8. The van der Waals surface area contributed by atoms with Crippen molar-refractivity contribution in [2.45, 2.75) is 18.9 Å². The van der Waals surface area contributed by atoms with Crippen LogP contribution in [0.3, 0.4) is 0 Å². The molecule has 1 fully saturated rings. The Morgan fingerprint density at radius 1 is 1.08 bits per heavy atom. The summed E-state index contributed by atoms with van der Waals surface area (Å²) >= 11 is 0. The van der Waals surface area contributed by atoms with Gasteiger partial charge in [-0.15, -0.1) is 0 Å². The summed E-state index contributed by atoms with van der Waals surface area (Å²) in [7, 11) is 1.69. The van der Waals surface area contributed by atoms with Gasteiger partial charge in [-0.25, -0.2) is 0 Å². The molecule has 133 valence electrons. The molecule has 0 bridgehead atoms. The largest absolute Gasteiger partial charge is 0.495 e. The molecule has 1 radical (unpaired) electrons. The summed E-state index contributed by atoms with van der Waals surface area (Å²) in [6.07, 6.45) is 3.67. The van der Waals surface area contributed by atoms with Gasteiger partial charge in [0.25, 0.3) is 0 Å². The lowest BCUT2D eigenvalue weighted by molar-refractivity contribution is 0.358. The Balaban J connectivity index is 1.46.